The zero-order chi connectivity index (χ0) is 14.6. The first-order valence-corrected chi connectivity index (χ1v) is 8.84. The number of rotatable bonds is 6. The van der Waals surface area contributed by atoms with Crippen molar-refractivity contribution < 1.29 is 8.42 Å². The van der Waals surface area contributed by atoms with E-state index in [1.807, 2.05) is 20.0 Å². The summed E-state index contributed by atoms with van der Waals surface area (Å²) in [5.74, 6) is 1.18. The summed E-state index contributed by atoms with van der Waals surface area (Å²) in [6, 6.07) is 0.381. The van der Waals surface area contributed by atoms with Crippen molar-refractivity contribution >= 4 is 10.0 Å². The van der Waals surface area contributed by atoms with Gasteiger partial charge < -0.3 is 10.3 Å². The molecule has 2 N–H and O–H groups in total. The van der Waals surface area contributed by atoms with Crippen LogP contribution in [0.1, 0.15) is 37.7 Å². The van der Waals surface area contributed by atoms with Gasteiger partial charge in [-0.25, -0.2) is 17.7 Å². The predicted octanol–water partition coefficient (Wildman–Crippen LogP) is 1.01. The van der Waals surface area contributed by atoms with Crippen LogP contribution >= 0.6 is 0 Å². The highest BCUT2D eigenvalue weighted by atomic mass is 32.2. The van der Waals surface area contributed by atoms with E-state index in [-0.39, 0.29) is 5.75 Å². The zero-order valence-electron chi connectivity index (χ0n) is 12.2. The molecule has 0 amide bonds. The first-order chi connectivity index (χ1) is 9.51. The van der Waals surface area contributed by atoms with Crippen molar-refractivity contribution in [2.75, 3.05) is 18.8 Å². The lowest BCUT2D eigenvalue weighted by atomic mass is 10.1. The van der Waals surface area contributed by atoms with Crippen LogP contribution < -0.4 is 5.32 Å². The molecule has 1 fully saturated rings. The van der Waals surface area contributed by atoms with E-state index < -0.39 is 10.0 Å². The maximum atomic E-state index is 12.0. The maximum absolute atomic E-state index is 12.0. The Hall–Kier alpha value is -0.920. The van der Waals surface area contributed by atoms with Gasteiger partial charge in [-0.3, -0.25) is 0 Å². The lowest BCUT2D eigenvalue weighted by Gasteiger charge is -2.31. The van der Waals surface area contributed by atoms with E-state index >= 15 is 0 Å². The number of nitrogens with zero attached hydrogens (tertiary/aromatic N) is 2. The Morgan fingerprint density at radius 1 is 1.45 bits per heavy atom. The van der Waals surface area contributed by atoms with Crippen LogP contribution in [0.5, 0.6) is 0 Å². The fourth-order valence-corrected chi connectivity index (χ4v) is 4.08. The molecule has 1 aromatic rings. The van der Waals surface area contributed by atoms with Crippen molar-refractivity contribution in [1.29, 1.82) is 0 Å². The minimum absolute atomic E-state index is 0.262. The quantitative estimate of drug-likeness (QED) is 0.822. The third kappa shape index (κ3) is 4.04. The predicted molar refractivity (Wildman–Crippen MR) is 78.8 cm³/mol. The second kappa shape index (κ2) is 6.69. The molecule has 1 aliphatic heterocycles. The molecule has 1 aliphatic rings. The van der Waals surface area contributed by atoms with E-state index in [4.69, 9.17) is 0 Å². The van der Waals surface area contributed by atoms with Crippen LogP contribution in [-0.4, -0.2) is 47.6 Å². The second-order valence-corrected chi connectivity index (χ2v) is 7.45. The van der Waals surface area contributed by atoms with E-state index in [1.165, 1.54) is 0 Å². The highest BCUT2D eigenvalue weighted by Gasteiger charge is 2.26. The highest BCUT2D eigenvalue weighted by Crippen LogP contribution is 2.15. The molecular formula is C13H24N4O2S. The molecule has 114 valence electrons. The van der Waals surface area contributed by atoms with Gasteiger partial charge in [-0.1, -0.05) is 6.92 Å². The monoisotopic (exact) mass is 300 g/mol. The van der Waals surface area contributed by atoms with Crippen LogP contribution in [0, 0.1) is 6.92 Å². The Bertz CT molecular complexity index is 518. The topological polar surface area (TPSA) is 78.1 Å². The van der Waals surface area contributed by atoms with Crippen LogP contribution in [-0.2, 0) is 16.6 Å². The number of H-pyrrole nitrogens is 1. The number of aromatic amines is 1. The van der Waals surface area contributed by atoms with E-state index in [1.54, 1.807) is 4.31 Å². The summed E-state index contributed by atoms with van der Waals surface area (Å²) in [6.07, 6.45) is 4.26. The molecule has 0 aromatic carbocycles. The third-order valence-electron chi connectivity index (χ3n) is 3.65. The summed E-state index contributed by atoms with van der Waals surface area (Å²) < 4.78 is 25.6. The van der Waals surface area contributed by atoms with Crippen LogP contribution in [0.25, 0.3) is 0 Å². The Morgan fingerprint density at radius 3 is 2.70 bits per heavy atom. The smallest absolute Gasteiger partial charge is 0.214 e. The molecule has 0 spiro atoms. The first-order valence-electron chi connectivity index (χ1n) is 7.23. The summed E-state index contributed by atoms with van der Waals surface area (Å²) in [7, 11) is -3.03. The van der Waals surface area contributed by atoms with Crippen molar-refractivity contribution in [3.63, 3.8) is 0 Å². The molecule has 0 radical (unpaired) electrons. The van der Waals surface area contributed by atoms with Crippen LogP contribution in [0.4, 0.5) is 0 Å². The Balaban J connectivity index is 1.77. The fraction of sp³-hybridized carbons (Fsp3) is 0.769. The van der Waals surface area contributed by atoms with Gasteiger partial charge in [0.25, 0.3) is 0 Å². The number of sulfonamides is 1. The van der Waals surface area contributed by atoms with E-state index in [0.29, 0.717) is 25.6 Å². The van der Waals surface area contributed by atoms with Gasteiger partial charge >= 0.3 is 0 Å². The normalized spacial score (nSPS) is 18.5. The fourth-order valence-electron chi connectivity index (χ4n) is 2.54. The largest absolute Gasteiger partial charge is 0.345 e. The lowest BCUT2D eigenvalue weighted by Crippen LogP contribution is -2.45. The van der Waals surface area contributed by atoms with Crippen LogP contribution in [0.15, 0.2) is 6.20 Å². The number of nitrogens with one attached hydrogen (secondary N) is 2. The summed E-state index contributed by atoms with van der Waals surface area (Å²) in [5, 5.41) is 3.46. The number of hydrogen-bond donors (Lipinski definition) is 2. The van der Waals surface area contributed by atoms with Gasteiger partial charge in [-0.05, 0) is 26.2 Å². The molecule has 0 aliphatic carbocycles. The molecule has 20 heavy (non-hydrogen) atoms. The van der Waals surface area contributed by atoms with Crippen LogP contribution in [0.2, 0.25) is 0 Å². The van der Waals surface area contributed by atoms with Gasteiger partial charge in [-0.2, -0.15) is 0 Å². The summed E-state index contributed by atoms with van der Waals surface area (Å²) in [5.41, 5.74) is 1.07. The number of piperidine rings is 1. The average molecular weight is 300 g/mol. The van der Waals surface area contributed by atoms with E-state index in [0.717, 1.165) is 30.9 Å². The number of hydrogen-bond acceptors (Lipinski definition) is 4. The minimum atomic E-state index is -3.03. The summed E-state index contributed by atoms with van der Waals surface area (Å²) in [6.45, 7) is 5.84. The third-order valence-corrected chi connectivity index (χ3v) is 5.72. The van der Waals surface area contributed by atoms with Crippen molar-refractivity contribution in [1.82, 2.24) is 19.6 Å². The Labute approximate surface area is 121 Å². The van der Waals surface area contributed by atoms with Crippen molar-refractivity contribution in [3.8, 4) is 0 Å². The standard InChI is InChI=1S/C13H24N4O2S/c1-3-8-20(18,19)17-6-4-12(5-7-17)15-10-13-9-14-11(2)16-13/h9,12,15H,3-8,10H2,1-2H3,(H,14,16). The Kier molecular flexibility index (Phi) is 5.17. The van der Waals surface area contributed by atoms with Gasteiger partial charge in [0, 0.05) is 37.6 Å². The molecule has 7 heteroatoms. The number of aryl methyl sites for hydroxylation is 1. The molecule has 0 bridgehead atoms. The van der Waals surface area contributed by atoms with Gasteiger partial charge in [-0.15, -0.1) is 0 Å². The summed E-state index contributed by atoms with van der Waals surface area (Å²) in [4.78, 5) is 7.35. The number of aromatic nitrogens is 2. The van der Waals surface area contributed by atoms with Crippen molar-refractivity contribution in [2.45, 2.75) is 45.7 Å². The molecule has 0 saturated carbocycles. The minimum Gasteiger partial charge on any atom is -0.345 e. The molecule has 6 nitrogen and oxygen atoms in total. The average Bonchev–Trinajstić information content (AvgIpc) is 2.83. The molecule has 2 rings (SSSR count). The second-order valence-electron chi connectivity index (χ2n) is 5.36. The number of imidazole rings is 1. The summed E-state index contributed by atoms with van der Waals surface area (Å²) >= 11 is 0. The van der Waals surface area contributed by atoms with Crippen molar-refractivity contribution in [3.05, 3.63) is 17.7 Å². The van der Waals surface area contributed by atoms with Gasteiger partial charge in [0.2, 0.25) is 10.0 Å². The lowest BCUT2D eigenvalue weighted by molar-refractivity contribution is 0.288. The molecule has 2 heterocycles. The van der Waals surface area contributed by atoms with Gasteiger partial charge in [0.05, 0.1) is 5.75 Å². The molecule has 1 aromatic heterocycles. The molecular weight excluding hydrogens is 276 g/mol. The maximum Gasteiger partial charge on any atom is 0.214 e. The van der Waals surface area contributed by atoms with Gasteiger partial charge in [0.15, 0.2) is 0 Å². The zero-order valence-corrected chi connectivity index (χ0v) is 13.0. The van der Waals surface area contributed by atoms with E-state index in [2.05, 4.69) is 15.3 Å². The Morgan fingerprint density at radius 2 is 2.15 bits per heavy atom. The molecule has 0 unspecified atom stereocenters. The molecule has 0 atom stereocenters. The van der Waals surface area contributed by atoms with Crippen LogP contribution in [0.3, 0.4) is 0 Å². The van der Waals surface area contributed by atoms with Crippen molar-refractivity contribution in [2.24, 2.45) is 0 Å². The highest BCUT2D eigenvalue weighted by molar-refractivity contribution is 7.89. The first kappa shape index (κ1) is 15.5. The van der Waals surface area contributed by atoms with E-state index in [9.17, 15) is 8.42 Å². The molecule has 1 saturated heterocycles. The SMILES string of the molecule is CCCS(=O)(=O)N1CCC(NCc2cnc(C)[nH]2)CC1. The van der Waals surface area contributed by atoms with Gasteiger partial charge in [0.1, 0.15) is 5.82 Å².